The predicted molar refractivity (Wildman–Crippen MR) is 81.0 cm³/mol. The third-order valence-electron chi connectivity index (χ3n) is 3.67. The Kier molecular flexibility index (Phi) is 5.54. The molecule has 0 unspecified atom stereocenters. The van der Waals surface area contributed by atoms with E-state index in [2.05, 4.69) is 10.3 Å². The van der Waals surface area contributed by atoms with Crippen LogP contribution in [0.4, 0.5) is 0 Å². The van der Waals surface area contributed by atoms with Crippen molar-refractivity contribution in [1.29, 1.82) is 0 Å². The highest BCUT2D eigenvalue weighted by atomic mass is 16.5. The number of carbonyl (C=O) groups excluding carboxylic acids is 2. The van der Waals surface area contributed by atoms with Gasteiger partial charge in [-0.3, -0.25) is 9.59 Å². The Morgan fingerprint density at radius 3 is 2.95 bits per heavy atom. The van der Waals surface area contributed by atoms with Crippen LogP contribution in [0.15, 0.2) is 12.5 Å². The zero-order chi connectivity index (χ0) is 16.1. The van der Waals surface area contributed by atoms with Crippen LogP contribution in [0.5, 0.6) is 0 Å². The molecule has 2 heterocycles. The Bertz CT molecular complexity index is 527. The van der Waals surface area contributed by atoms with Gasteiger partial charge in [0.15, 0.2) is 0 Å². The summed E-state index contributed by atoms with van der Waals surface area (Å²) in [7, 11) is 1.59. The second-order valence-electron chi connectivity index (χ2n) is 5.96. The fourth-order valence-electron chi connectivity index (χ4n) is 2.56. The summed E-state index contributed by atoms with van der Waals surface area (Å²) in [4.78, 5) is 30.5. The standard InChI is InChI=1S/C15H24N4O3/c1-11(2)6-14(20)18-8-12-7-16-10-19(12)13(9-18)15(21)17-4-5-22-3/h7,10-11,13H,4-6,8-9H2,1-3H3,(H,17,21)/t13-/m1/s1. The second-order valence-corrected chi connectivity index (χ2v) is 5.96. The fourth-order valence-corrected chi connectivity index (χ4v) is 2.56. The molecule has 0 radical (unpaired) electrons. The molecule has 0 bridgehead atoms. The van der Waals surface area contributed by atoms with E-state index in [1.807, 2.05) is 18.4 Å². The van der Waals surface area contributed by atoms with Gasteiger partial charge in [0.1, 0.15) is 6.04 Å². The number of hydrogen-bond donors (Lipinski definition) is 1. The average Bonchev–Trinajstić information content (AvgIpc) is 2.93. The molecule has 22 heavy (non-hydrogen) atoms. The van der Waals surface area contributed by atoms with Gasteiger partial charge < -0.3 is 19.5 Å². The SMILES string of the molecule is COCCNC(=O)[C@H]1CN(C(=O)CC(C)C)Cc2cncn21. The lowest BCUT2D eigenvalue weighted by atomic mass is 10.1. The van der Waals surface area contributed by atoms with Crippen molar-refractivity contribution in [1.82, 2.24) is 19.8 Å². The molecule has 122 valence electrons. The molecule has 1 aliphatic rings. The first-order valence-electron chi connectivity index (χ1n) is 7.58. The molecule has 0 saturated heterocycles. The smallest absolute Gasteiger partial charge is 0.245 e. The van der Waals surface area contributed by atoms with Crippen LogP contribution in [0.1, 0.15) is 32.0 Å². The maximum atomic E-state index is 12.4. The summed E-state index contributed by atoms with van der Waals surface area (Å²) < 4.78 is 6.79. The normalized spacial score (nSPS) is 17.5. The summed E-state index contributed by atoms with van der Waals surface area (Å²) in [6.45, 7) is 5.84. The van der Waals surface area contributed by atoms with Gasteiger partial charge in [0, 0.05) is 26.3 Å². The highest BCUT2D eigenvalue weighted by molar-refractivity contribution is 5.83. The molecule has 1 aromatic heterocycles. The minimum atomic E-state index is -0.431. The number of fused-ring (bicyclic) bond motifs is 1. The zero-order valence-electron chi connectivity index (χ0n) is 13.4. The van der Waals surface area contributed by atoms with E-state index in [1.165, 1.54) is 0 Å². The lowest BCUT2D eigenvalue weighted by Crippen LogP contribution is -2.47. The van der Waals surface area contributed by atoms with Crippen molar-refractivity contribution in [2.24, 2.45) is 5.92 Å². The largest absolute Gasteiger partial charge is 0.383 e. The van der Waals surface area contributed by atoms with Gasteiger partial charge in [-0.05, 0) is 5.92 Å². The third kappa shape index (κ3) is 3.85. The van der Waals surface area contributed by atoms with E-state index in [4.69, 9.17) is 4.74 Å². The monoisotopic (exact) mass is 308 g/mol. The first kappa shape index (κ1) is 16.5. The molecular formula is C15H24N4O3. The maximum absolute atomic E-state index is 12.4. The van der Waals surface area contributed by atoms with Crippen LogP contribution >= 0.6 is 0 Å². The Morgan fingerprint density at radius 1 is 1.50 bits per heavy atom. The highest BCUT2D eigenvalue weighted by Gasteiger charge is 2.32. The number of methoxy groups -OCH3 is 1. The van der Waals surface area contributed by atoms with E-state index in [-0.39, 0.29) is 11.8 Å². The summed E-state index contributed by atoms with van der Waals surface area (Å²) >= 11 is 0. The van der Waals surface area contributed by atoms with Gasteiger partial charge in [-0.25, -0.2) is 4.98 Å². The summed E-state index contributed by atoms with van der Waals surface area (Å²) in [6, 6.07) is -0.431. The third-order valence-corrected chi connectivity index (χ3v) is 3.67. The van der Waals surface area contributed by atoms with Gasteiger partial charge in [0.05, 0.1) is 31.7 Å². The van der Waals surface area contributed by atoms with Gasteiger partial charge in [-0.1, -0.05) is 13.8 Å². The van der Waals surface area contributed by atoms with E-state index >= 15 is 0 Å². The fraction of sp³-hybridized carbons (Fsp3) is 0.667. The number of carbonyl (C=O) groups is 2. The maximum Gasteiger partial charge on any atom is 0.245 e. The van der Waals surface area contributed by atoms with Crippen molar-refractivity contribution in [3.63, 3.8) is 0 Å². The first-order chi connectivity index (χ1) is 10.5. The number of rotatable bonds is 6. The number of nitrogens with zero attached hydrogens (tertiary/aromatic N) is 3. The van der Waals surface area contributed by atoms with Gasteiger partial charge in [0.25, 0.3) is 0 Å². The van der Waals surface area contributed by atoms with E-state index in [1.54, 1.807) is 24.5 Å². The van der Waals surface area contributed by atoms with Crippen molar-refractivity contribution in [2.45, 2.75) is 32.9 Å². The number of hydrogen-bond acceptors (Lipinski definition) is 4. The summed E-state index contributed by atoms with van der Waals surface area (Å²) in [6.07, 6.45) is 3.86. The molecule has 1 N–H and O–H groups in total. The number of ether oxygens (including phenoxy) is 1. The lowest BCUT2D eigenvalue weighted by molar-refractivity contribution is -0.136. The van der Waals surface area contributed by atoms with E-state index in [0.717, 1.165) is 5.69 Å². The summed E-state index contributed by atoms with van der Waals surface area (Å²) in [5.41, 5.74) is 0.884. The number of nitrogens with one attached hydrogen (secondary N) is 1. The molecule has 0 spiro atoms. The van der Waals surface area contributed by atoms with Crippen LogP contribution < -0.4 is 5.32 Å². The second kappa shape index (κ2) is 7.40. The van der Waals surface area contributed by atoms with Crippen molar-refractivity contribution in [2.75, 3.05) is 26.8 Å². The number of aromatic nitrogens is 2. The van der Waals surface area contributed by atoms with Crippen molar-refractivity contribution in [3.05, 3.63) is 18.2 Å². The van der Waals surface area contributed by atoms with Gasteiger partial charge >= 0.3 is 0 Å². The highest BCUT2D eigenvalue weighted by Crippen LogP contribution is 2.22. The van der Waals surface area contributed by atoms with Crippen molar-refractivity contribution in [3.8, 4) is 0 Å². The lowest BCUT2D eigenvalue weighted by Gasteiger charge is -2.34. The summed E-state index contributed by atoms with van der Waals surface area (Å²) in [5.74, 6) is 0.267. The topological polar surface area (TPSA) is 76.5 Å². The Labute approximate surface area is 130 Å². The zero-order valence-corrected chi connectivity index (χ0v) is 13.4. The minimum Gasteiger partial charge on any atom is -0.383 e. The minimum absolute atomic E-state index is 0.0807. The quantitative estimate of drug-likeness (QED) is 0.780. The molecule has 7 nitrogen and oxygen atoms in total. The summed E-state index contributed by atoms with van der Waals surface area (Å²) in [5, 5.41) is 2.83. The van der Waals surface area contributed by atoms with Gasteiger partial charge in [0.2, 0.25) is 11.8 Å². The molecule has 0 aromatic carbocycles. The molecule has 2 rings (SSSR count). The molecule has 1 aliphatic heterocycles. The first-order valence-corrected chi connectivity index (χ1v) is 7.58. The number of amides is 2. The average molecular weight is 308 g/mol. The van der Waals surface area contributed by atoms with Crippen molar-refractivity contribution >= 4 is 11.8 Å². The van der Waals surface area contributed by atoms with E-state index in [9.17, 15) is 9.59 Å². The van der Waals surface area contributed by atoms with Gasteiger partial charge in [-0.2, -0.15) is 0 Å². The molecule has 7 heteroatoms. The molecule has 0 aliphatic carbocycles. The Morgan fingerprint density at radius 2 is 2.27 bits per heavy atom. The molecule has 1 aromatic rings. The van der Waals surface area contributed by atoms with Crippen LogP contribution in [0, 0.1) is 5.92 Å². The van der Waals surface area contributed by atoms with Crippen LogP contribution in [0.3, 0.4) is 0 Å². The molecule has 0 fully saturated rings. The number of imidazole rings is 1. The Balaban J connectivity index is 2.09. The Hall–Kier alpha value is -1.89. The van der Waals surface area contributed by atoms with Gasteiger partial charge in [-0.15, -0.1) is 0 Å². The van der Waals surface area contributed by atoms with E-state index < -0.39 is 6.04 Å². The van der Waals surface area contributed by atoms with Crippen molar-refractivity contribution < 1.29 is 14.3 Å². The molecule has 2 amide bonds. The molecule has 1 atom stereocenters. The molecule has 0 saturated carbocycles. The van der Waals surface area contributed by atoms with E-state index in [0.29, 0.717) is 38.6 Å². The van der Waals surface area contributed by atoms with Crippen LogP contribution in [0.2, 0.25) is 0 Å². The molecular weight excluding hydrogens is 284 g/mol. The predicted octanol–water partition coefficient (Wildman–Crippen LogP) is 0.575. The van der Waals surface area contributed by atoms with Crippen LogP contribution in [-0.2, 0) is 20.9 Å². The van der Waals surface area contributed by atoms with Crippen LogP contribution in [0.25, 0.3) is 0 Å². The van der Waals surface area contributed by atoms with Crippen LogP contribution in [-0.4, -0.2) is 53.1 Å².